The van der Waals surface area contributed by atoms with Crippen molar-refractivity contribution in [2.45, 2.75) is 37.5 Å². The van der Waals surface area contributed by atoms with Crippen molar-refractivity contribution in [3.05, 3.63) is 23.5 Å². The zero-order valence-corrected chi connectivity index (χ0v) is 11.8. The standard InChI is InChI=1S/C13H19FN2O2S/c1-10-12(14)8-11(9-13(10)15)19(17,18)16-6-4-2-3-5-7-16/h8-9H,2-7,15H2,1H3. The minimum Gasteiger partial charge on any atom is -0.398 e. The van der Waals surface area contributed by atoms with Crippen molar-refractivity contribution < 1.29 is 12.8 Å². The van der Waals surface area contributed by atoms with Crippen LogP contribution in [0.3, 0.4) is 0 Å². The van der Waals surface area contributed by atoms with Gasteiger partial charge in [0.1, 0.15) is 5.82 Å². The van der Waals surface area contributed by atoms with Crippen LogP contribution < -0.4 is 5.73 Å². The van der Waals surface area contributed by atoms with Crippen LogP contribution in [0.15, 0.2) is 17.0 Å². The van der Waals surface area contributed by atoms with Gasteiger partial charge in [-0.1, -0.05) is 12.8 Å². The van der Waals surface area contributed by atoms with E-state index in [-0.39, 0.29) is 16.1 Å². The van der Waals surface area contributed by atoms with E-state index in [0.717, 1.165) is 31.7 Å². The van der Waals surface area contributed by atoms with E-state index in [2.05, 4.69) is 0 Å². The number of hydrogen-bond donors (Lipinski definition) is 1. The average Bonchev–Trinajstić information content (AvgIpc) is 2.64. The van der Waals surface area contributed by atoms with E-state index in [4.69, 9.17) is 5.73 Å². The van der Waals surface area contributed by atoms with Crippen molar-refractivity contribution >= 4 is 15.7 Å². The van der Waals surface area contributed by atoms with Gasteiger partial charge in [-0.3, -0.25) is 0 Å². The molecule has 0 amide bonds. The predicted octanol–water partition coefficient (Wildman–Crippen LogP) is 2.28. The fraction of sp³-hybridized carbons (Fsp3) is 0.538. The van der Waals surface area contributed by atoms with Crippen LogP contribution in [0.25, 0.3) is 0 Å². The van der Waals surface area contributed by atoms with Gasteiger partial charge in [0, 0.05) is 24.3 Å². The van der Waals surface area contributed by atoms with E-state index in [1.54, 1.807) is 0 Å². The number of rotatable bonds is 2. The summed E-state index contributed by atoms with van der Waals surface area (Å²) in [6.45, 7) is 2.53. The van der Waals surface area contributed by atoms with Gasteiger partial charge >= 0.3 is 0 Å². The summed E-state index contributed by atoms with van der Waals surface area (Å²) >= 11 is 0. The van der Waals surface area contributed by atoms with Gasteiger partial charge in [-0.05, 0) is 31.9 Å². The largest absolute Gasteiger partial charge is 0.398 e. The van der Waals surface area contributed by atoms with Crippen LogP contribution in [0.2, 0.25) is 0 Å². The molecule has 1 saturated heterocycles. The van der Waals surface area contributed by atoms with Crippen LogP contribution in [0.4, 0.5) is 10.1 Å². The van der Waals surface area contributed by atoms with Crippen molar-refractivity contribution in [2.75, 3.05) is 18.8 Å². The highest BCUT2D eigenvalue weighted by Crippen LogP contribution is 2.25. The molecule has 1 heterocycles. The summed E-state index contributed by atoms with van der Waals surface area (Å²) in [7, 11) is -3.63. The highest BCUT2D eigenvalue weighted by molar-refractivity contribution is 7.89. The van der Waals surface area contributed by atoms with Crippen LogP contribution in [0.1, 0.15) is 31.2 Å². The maximum Gasteiger partial charge on any atom is 0.243 e. The molecule has 2 rings (SSSR count). The second-order valence-corrected chi connectivity index (χ2v) is 6.88. The molecule has 0 aromatic heterocycles. The van der Waals surface area contributed by atoms with Gasteiger partial charge in [-0.2, -0.15) is 4.31 Å². The first-order valence-corrected chi connectivity index (χ1v) is 7.92. The minimum atomic E-state index is -3.63. The molecule has 2 N–H and O–H groups in total. The normalized spacial score (nSPS) is 18.2. The maximum absolute atomic E-state index is 13.7. The third-order valence-electron chi connectivity index (χ3n) is 3.56. The molecule has 0 radical (unpaired) electrons. The SMILES string of the molecule is Cc1c(N)cc(S(=O)(=O)N2CCCCCC2)cc1F. The van der Waals surface area contributed by atoms with E-state index < -0.39 is 15.8 Å². The molecule has 0 spiro atoms. The van der Waals surface area contributed by atoms with Crippen LogP contribution in [-0.2, 0) is 10.0 Å². The Morgan fingerprint density at radius 2 is 1.74 bits per heavy atom. The lowest BCUT2D eigenvalue weighted by Crippen LogP contribution is -2.32. The zero-order chi connectivity index (χ0) is 14.0. The van der Waals surface area contributed by atoms with E-state index in [0.29, 0.717) is 13.1 Å². The highest BCUT2D eigenvalue weighted by atomic mass is 32.2. The van der Waals surface area contributed by atoms with E-state index in [9.17, 15) is 12.8 Å². The number of nitrogens with zero attached hydrogens (tertiary/aromatic N) is 1. The van der Waals surface area contributed by atoms with E-state index in [1.807, 2.05) is 0 Å². The van der Waals surface area contributed by atoms with Crippen LogP contribution in [-0.4, -0.2) is 25.8 Å². The Labute approximate surface area is 113 Å². The summed E-state index contributed by atoms with van der Waals surface area (Å²) in [5.41, 5.74) is 6.12. The summed E-state index contributed by atoms with van der Waals surface area (Å²) in [6, 6.07) is 2.41. The molecule has 1 aromatic carbocycles. The second kappa shape index (κ2) is 5.46. The molecule has 19 heavy (non-hydrogen) atoms. The molecular weight excluding hydrogens is 267 g/mol. The van der Waals surface area contributed by atoms with Gasteiger partial charge in [-0.25, -0.2) is 12.8 Å². The second-order valence-electron chi connectivity index (χ2n) is 4.94. The summed E-state index contributed by atoms with van der Waals surface area (Å²) in [5, 5.41) is 0. The van der Waals surface area contributed by atoms with Crippen LogP contribution in [0.5, 0.6) is 0 Å². The molecule has 1 aliphatic rings. The molecule has 0 bridgehead atoms. The lowest BCUT2D eigenvalue weighted by molar-refractivity contribution is 0.423. The third kappa shape index (κ3) is 2.90. The quantitative estimate of drug-likeness (QED) is 0.848. The van der Waals surface area contributed by atoms with Gasteiger partial charge < -0.3 is 5.73 Å². The molecule has 106 valence electrons. The van der Waals surface area contributed by atoms with E-state index in [1.165, 1.54) is 17.3 Å². The average molecular weight is 286 g/mol. The molecule has 0 atom stereocenters. The van der Waals surface area contributed by atoms with Gasteiger partial charge in [0.25, 0.3) is 0 Å². The molecule has 1 aliphatic heterocycles. The van der Waals surface area contributed by atoms with Gasteiger partial charge in [0.05, 0.1) is 4.90 Å². The van der Waals surface area contributed by atoms with Crippen molar-refractivity contribution in [1.82, 2.24) is 4.31 Å². The predicted molar refractivity (Wildman–Crippen MR) is 72.8 cm³/mol. The van der Waals surface area contributed by atoms with Gasteiger partial charge in [0.2, 0.25) is 10.0 Å². The Morgan fingerprint density at radius 1 is 1.16 bits per heavy atom. The number of benzene rings is 1. The van der Waals surface area contributed by atoms with Gasteiger partial charge in [0.15, 0.2) is 0 Å². The van der Waals surface area contributed by atoms with Crippen molar-refractivity contribution in [3.8, 4) is 0 Å². The summed E-state index contributed by atoms with van der Waals surface area (Å²) in [6.07, 6.45) is 3.78. The van der Waals surface area contributed by atoms with Gasteiger partial charge in [-0.15, -0.1) is 0 Å². The molecule has 1 aromatic rings. The molecule has 1 fully saturated rings. The zero-order valence-electron chi connectivity index (χ0n) is 11.0. The number of nitrogen functional groups attached to an aromatic ring is 1. The number of anilines is 1. The highest BCUT2D eigenvalue weighted by Gasteiger charge is 2.26. The summed E-state index contributed by atoms with van der Waals surface area (Å²) in [4.78, 5) is -0.0463. The molecule has 0 aliphatic carbocycles. The monoisotopic (exact) mass is 286 g/mol. The number of hydrogen-bond acceptors (Lipinski definition) is 3. The van der Waals surface area contributed by atoms with Crippen LogP contribution in [0, 0.1) is 12.7 Å². The lowest BCUT2D eigenvalue weighted by Gasteiger charge is -2.20. The van der Waals surface area contributed by atoms with Crippen molar-refractivity contribution in [2.24, 2.45) is 0 Å². The fourth-order valence-corrected chi connectivity index (χ4v) is 3.82. The Morgan fingerprint density at radius 3 is 2.26 bits per heavy atom. The first kappa shape index (κ1) is 14.3. The molecule has 6 heteroatoms. The van der Waals surface area contributed by atoms with Crippen molar-refractivity contribution in [1.29, 1.82) is 0 Å². The molecular formula is C13H19FN2O2S. The first-order valence-electron chi connectivity index (χ1n) is 6.48. The lowest BCUT2D eigenvalue weighted by atomic mass is 10.2. The number of nitrogens with two attached hydrogens (primary N) is 1. The number of sulfonamides is 1. The maximum atomic E-state index is 13.7. The molecule has 0 saturated carbocycles. The molecule has 0 unspecified atom stereocenters. The summed E-state index contributed by atoms with van der Waals surface area (Å²) < 4.78 is 40.0. The fourth-order valence-electron chi connectivity index (χ4n) is 2.25. The first-order chi connectivity index (χ1) is 8.93. The Balaban J connectivity index is 2.38. The van der Waals surface area contributed by atoms with Crippen LogP contribution >= 0.6 is 0 Å². The smallest absolute Gasteiger partial charge is 0.243 e. The summed E-state index contributed by atoms with van der Waals surface area (Å²) in [5.74, 6) is -0.576. The Kier molecular flexibility index (Phi) is 4.10. The number of halogens is 1. The topological polar surface area (TPSA) is 63.4 Å². The Hall–Kier alpha value is -1.14. The molecule has 4 nitrogen and oxygen atoms in total. The van der Waals surface area contributed by atoms with E-state index >= 15 is 0 Å². The minimum absolute atomic E-state index is 0.0463. The van der Waals surface area contributed by atoms with Crippen molar-refractivity contribution in [3.63, 3.8) is 0 Å². The third-order valence-corrected chi connectivity index (χ3v) is 5.44. The Bertz CT molecular complexity index is 541.